The van der Waals surface area contributed by atoms with E-state index in [1.165, 1.54) is 4.90 Å². The zero-order chi connectivity index (χ0) is 11.5. The molecule has 0 aliphatic carbocycles. The molecule has 0 aromatic heterocycles. The van der Waals surface area contributed by atoms with Crippen molar-refractivity contribution < 1.29 is 4.79 Å². The van der Waals surface area contributed by atoms with Crippen LogP contribution >= 0.6 is 11.6 Å². The second kappa shape index (κ2) is 4.37. The maximum Gasteiger partial charge on any atom is 0.322 e. The summed E-state index contributed by atoms with van der Waals surface area (Å²) in [5.74, 6) is 2.54. The molecule has 3 heteroatoms. The highest BCUT2D eigenvalue weighted by molar-refractivity contribution is 6.66. The Bertz CT molecular complexity index is 392. The predicted octanol–water partition coefficient (Wildman–Crippen LogP) is 3.26. The summed E-state index contributed by atoms with van der Waals surface area (Å²) in [4.78, 5) is 12.7. The summed E-state index contributed by atoms with van der Waals surface area (Å²) < 4.78 is 0. The first-order valence-corrected chi connectivity index (χ1v) is 4.89. The molecular formula is C12H12ClNO. The fourth-order valence-corrected chi connectivity index (χ4v) is 1.59. The zero-order valence-electron chi connectivity index (χ0n) is 8.70. The molecule has 0 saturated heterocycles. The van der Waals surface area contributed by atoms with Crippen LogP contribution in [0.5, 0.6) is 0 Å². The quantitative estimate of drug-likeness (QED) is 0.427. The van der Waals surface area contributed by atoms with Crippen LogP contribution in [0.15, 0.2) is 30.3 Å². The van der Waals surface area contributed by atoms with Gasteiger partial charge in [-0.3, -0.25) is 9.69 Å². The molecule has 1 rings (SSSR count). The number of carbonyl (C=O) groups excluding carboxylic acids is 1. The monoisotopic (exact) mass is 221 g/mol. The van der Waals surface area contributed by atoms with Crippen LogP contribution in [0.1, 0.15) is 13.8 Å². The topological polar surface area (TPSA) is 20.3 Å². The molecule has 1 aromatic carbocycles. The van der Waals surface area contributed by atoms with Gasteiger partial charge in [0.15, 0.2) is 0 Å². The highest BCUT2D eigenvalue weighted by Crippen LogP contribution is 2.24. The number of rotatable bonds is 2. The molecule has 0 N–H and O–H groups in total. The van der Waals surface area contributed by atoms with Gasteiger partial charge in [0.05, 0.1) is 0 Å². The lowest BCUT2D eigenvalue weighted by molar-refractivity contribution is 0.261. The Morgan fingerprint density at radius 2 is 1.93 bits per heavy atom. The normalized spacial score (nSPS) is 10.5. The predicted molar refractivity (Wildman–Crippen MR) is 63.1 cm³/mol. The first-order chi connectivity index (χ1) is 6.99. The maximum absolute atomic E-state index is 11.3. The van der Waals surface area contributed by atoms with Crippen molar-refractivity contribution in [3.05, 3.63) is 30.3 Å². The van der Waals surface area contributed by atoms with Gasteiger partial charge in [-0.05, 0) is 37.6 Å². The van der Waals surface area contributed by atoms with E-state index in [4.69, 9.17) is 18.0 Å². The van der Waals surface area contributed by atoms with Crippen LogP contribution in [0.3, 0.4) is 0 Å². The molecule has 0 spiro atoms. The average molecular weight is 222 g/mol. The van der Waals surface area contributed by atoms with Gasteiger partial charge in [-0.2, -0.15) is 0 Å². The number of nitrogens with zero attached hydrogens (tertiary/aromatic N) is 1. The molecule has 0 heterocycles. The van der Waals surface area contributed by atoms with Crippen molar-refractivity contribution in [3.8, 4) is 12.3 Å². The van der Waals surface area contributed by atoms with Gasteiger partial charge in [0.1, 0.15) is 5.54 Å². The Balaban J connectivity index is 3.17. The summed E-state index contributed by atoms with van der Waals surface area (Å²) in [5, 5.41) is -0.579. The van der Waals surface area contributed by atoms with Crippen molar-refractivity contribution >= 4 is 22.7 Å². The van der Waals surface area contributed by atoms with Crippen LogP contribution < -0.4 is 4.90 Å². The molecule has 0 bridgehead atoms. The minimum absolute atomic E-state index is 0.579. The molecular weight excluding hydrogens is 210 g/mol. The standard InChI is InChI=1S/C12H12ClNO/c1-4-12(2,3)14(11(13)15)10-8-6-5-7-9-10/h1,5-9H,2-3H3. The van der Waals surface area contributed by atoms with Gasteiger partial charge < -0.3 is 0 Å². The van der Waals surface area contributed by atoms with Crippen LogP contribution in [-0.2, 0) is 0 Å². The molecule has 0 saturated carbocycles. The molecule has 0 atom stereocenters. The number of anilines is 1. The lowest BCUT2D eigenvalue weighted by Crippen LogP contribution is -2.44. The van der Waals surface area contributed by atoms with E-state index < -0.39 is 10.9 Å². The highest BCUT2D eigenvalue weighted by atomic mass is 35.5. The van der Waals surface area contributed by atoms with Crippen molar-refractivity contribution in [2.75, 3.05) is 4.90 Å². The molecule has 15 heavy (non-hydrogen) atoms. The summed E-state index contributed by atoms with van der Waals surface area (Å²) in [7, 11) is 0. The fraction of sp³-hybridized carbons (Fsp3) is 0.250. The lowest BCUT2D eigenvalue weighted by Gasteiger charge is -2.32. The van der Waals surface area contributed by atoms with Crippen LogP contribution in [0.2, 0.25) is 0 Å². The first kappa shape index (κ1) is 11.6. The van der Waals surface area contributed by atoms with Crippen molar-refractivity contribution in [2.45, 2.75) is 19.4 Å². The van der Waals surface area contributed by atoms with Gasteiger partial charge in [0, 0.05) is 5.69 Å². The molecule has 0 radical (unpaired) electrons. The summed E-state index contributed by atoms with van der Waals surface area (Å²) in [6.45, 7) is 3.53. The van der Waals surface area contributed by atoms with E-state index in [1.54, 1.807) is 26.0 Å². The van der Waals surface area contributed by atoms with Crippen molar-refractivity contribution in [3.63, 3.8) is 0 Å². The SMILES string of the molecule is C#CC(C)(C)N(C(=O)Cl)c1ccccc1. The van der Waals surface area contributed by atoms with Crippen LogP contribution in [0.25, 0.3) is 0 Å². The summed E-state index contributed by atoms with van der Waals surface area (Å²) >= 11 is 5.53. The van der Waals surface area contributed by atoms with Gasteiger partial charge in [0.25, 0.3) is 0 Å². The van der Waals surface area contributed by atoms with Gasteiger partial charge in [-0.15, -0.1) is 6.42 Å². The maximum atomic E-state index is 11.3. The number of halogens is 1. The Hall–Kier alpha value is -1.46. The van der Waals surface area contributed by atoms with Crippen LogP contribution in [0.4, 0.5) is 10.5 Å². The van der Waals surface area contributed by atoms with Gasteiger partial charge >= 0.3 is 5.37 Å². The van der Waals surface area contributed by atoms with Crippen molar-refractivity contribution in [1.29, 1.82) is 0 Å². The van der Waals surface area contributed by atoms with E-state index in [2.05, 4.69) is 5.92 Å². The fourth-order valence-electron chi connectivity index (χ4n) is 1.29. The third kappa shape index (κ3) is 2.51. The number of benzene rings is 1. The van der Waals surface area contributed by atoms with E-state index in [9.17, 15) is 4.79 Å². The Morgan fingerprint density at radius 1 is 1.40 bits per heavy atom. The lowest BCUT2D eigenvalue weighted by atomic mass is 10.0. The average Bonchev–Trinajstić information content (AvgIpc) is 2.18. The van der Waals surface area contributed by atoms with Crippen LogP contribution in [0, 0.1) is 12.3 Å². The molecule has 1 aromatic rings. The van der Waals surface area contributed by atoms with E-state index in [0.29, 0.717) is 5.69 Å². The van der Waals surface area contributed by atoms with Crippen LogP contribution in [-0.4, -0.2) is 10.9 Å². The number of hydrogen-bond donors (Lipinski definition) is 0. The third-order valence-corrected chi connectivity index (χ3v) is 2.27. The number of para-hydroxylation sites is 1. The Morgan fingerprint density at radius 3 is 2.33 bits per heavy atom. The molecule has 0 aliphatic rings. The summed E-state index contributed by atoms with van der Waals surface area (Å²) in [6.07, 6.45) is 5.38. The number of amides is 1. The largest absolute Gasteiger partial charge is 0.322 e. The molecule has 0 fully saturated rings. The van der Waals surface area contributed by atoms with E-state index in [-0.39, 0.29) is 0 Å². The van der Waals surface area contributed by atoms with E-state index in [1.807, 2.05) is 18.2 Å². The second-order valence-electron chi connectivity index (χ2n) is 3.63. The number of terminal acetylenes is 1. The Labute approximate surface area is 94.8 Å². The number of carbonyl (C=O) groups is 1. The third-order valence-electron chi connectivity index (χ3n) is 2.10. The van der Waals surface area contributed by atoms with Gasteiger partial charge in [-0.25, -0.2) is 0 Å². The second-order valence-corrected chi connectivity index (χ2v) is 3.95. The van der Waals surface area contributed by atoms with E-state index in [0.717, 1.165) is 0 Å². The molecule has 2 nitrogen and oxygen atoms in total. The van der Waals surface area contributed by atoms with Gasteiger partial charge in [0.2, 0.25) is 0 Å². The zero-order valence-corrected chi connectivity index (χ0v) is 9.45. The van der Waals surface area contributed by atoms with Gasteiger partial charge in [-0.1, -0.05) is 24.1 Å². The molecule has 1 amide bonds. The molecule has 0 unspecified atom stereocenters. The van der Waals surface area contributed by atoms with E-state index >= 15 is 0 Å². The smallest absolute Gasteiger partial charge is 0.282 e. The minimum atomic E-state index is -0.736. The summed E-state index contributed by atoms with van der Waals surface area (Å²) in [6, 6.07) is 9.10. The van der Waals surface area contributed by atoms with Crippen molar-refractivity contribution in [1.82, 2.24) is 0 Å². The highest BCUT2D eigenvalue weighted by Gasteiger charge is 2.29. The Kier molecular flexibility index (Phi) is 3.39. The summed E-state index contributed by atoms with van der Waals surface area (Å²) in [5.41, 5.74) is -0.0411. The minimum Gasteiger partial charge on any atom is -0.282 e. The first-order valence-electron chi connectivity index (χ1n) is 4.51. The van der Waals surface area contributed by atoms with Crippen molar-refractivity contribution in [2.24, 2.45) is 0 Å². The molecule has 0 aliphatic heterocycles. The molecule has 78 valence electrons. The number of hydrogen-bond acceptors (Lipinski definition) is 1.